The minimum absolute atomic E-state index is 0.208. The van der Waals surface area contributed by atoms with E-state index in [1.54, 1.807) is 23.5 Å². The molecule has 0 aliphatic carbocycles. The Morgan fingerprint density at radius 3 is 2.41 bits per heavy atom. The van der Waals surface area contributed by atoms with Crippen LogP contribution in [0.5, 0.6) is 11.5 Å². The third-order valence-corrected chi connectivity index (χ3v) is 5.37. The van der Waals surface area contributed by atoms with Crippen LogP contribution in [-0.2, 0) is 6.61 Å². The molecule has 0 fully saturated rings. The van der Waals surface area contributed by atoms with Gasteiger partial charge in [-0.05, 0) is 43.7 Å². The number of hydrogen-bond acceptors (Lipinski definition) is 6. The van der Waals surface area contributed by atoms with Gasteiger partial charge in [0, 0.05) is 0 Å². The lowest BCUT2D eigenvalue weighted by Gasteiger charge is -2.20. The molecule has 4 rings (SSSR count). The molecular weight excluding hydrogens is 360 g/mol. The van der Waals surface area contributed by atoms with Crippen molar-refractivity contribution in [2.45, 2.75) is 30.9 Å². The molecule has 1 aliphatic rings. The summed E-state index contributed by atoms with van der Waals surface area (Å²) < 4.78 is 12.8. The fourth-order valence-electron chi connectivity index (χ4n) is 2.80. The van der Waals surface area contributed by atoms with Crippen molar-refractivity contribution in [3.63, 3.8) is 0 Å². The fourth-order valence-corrected chi connectivity index (χ4v) is 3.74. The zero-order valence-corrected chi connectivity index (χ0v) is 16.2. The molecule has 6 nitrogen and oxygen atoms in total. The predicted molar refractivity (Wildman–Crippen MR) is 106 cm³/mol. The maximum absolute atomic E-state index is 5.84. The van der Waals surface area contributed by atoms with E-state index in [1.807, 2.05) is 24.3 Å². The predicted octanol–water partition coefficient (Wildman–Crippen LogP) is 3.92. The first-order chi connectivity index (χ1) is 13.1. The molecule has 27 heavy (non-hydrogen) atoms. The van der Waals surface area contributed by atoms with Crippen LogP contribution in [0.15, 0.2) is 58.8 Å². The van der Waals surface area contributed by atoms with Crippen molar-refractivity contribution in [2.75, 3.05) is 7.11 Å². The van der Waals surface area contributed by atoms with Gasteiger partial charge < -0.3 is 9.47 Å². The van der Waals surface area contributed by atoms with Crippen LogP contribution in [0, 0.1) is 6.92 Å². The number of nitrogens with zero attached hydrogens (tertiary/aromatic N) is 4. The van der Waals surface area contributed by atoms with E-state index in [0.29, 0.717) is 12.4 Å². The number of aryl methyl sites for hydroxylation is 1. The van der Waals surface area contributed by atoms with E-state index in [1.165, 1.54) is 5.56 Å². The van der Waals surface area contributed by atoms with Gasteiger partial charge >= 0.3 is 0 Å². The lowest BCUT2D eigenvalue weighted by atomic mass is 10.1. The van der Waals surface area contributed by atoms with Gasteiger partial charge in [-0.15, -0.1) is 10.2 Å². The Bertz CT molecular complexity index is 965. The molecule has 0 radical (unpaired) electrons. The van der Waals surface area contributed by atoms with Gasteiger partial charge in [-0.25, -0.2) is 0 Å². The summed E-state index contributed by atoms with van der Waals surface area (Å²) in [5.41, 5.74) is 3.36. The van der Waals surface area contributed by atoms with Gasteiger partial charge in [-0.3, -0.25) is 0 Å². The number of thioether (sulfide) groups is 1. The zero-order valence-electron chi connectivity index (χ0n) is 15.4. The van der Waals surface area contributed by atoms with Crippen LogP contribution < -0.4 is 9.47 Å². The molecule has 0 bridgehead atoms. The highest BCUT2D eigenvalue weighted by Gasteiger charge is 2.25. The largest absolute Gasteiger partial charge is 0.497 e. The normalized spacial score (nSPS) is 15.8. The fraction of sp³-hybridized carbons (Fsp3) is 0.250. The van der Waals surface area contributed by atoms with Crippen LogP contribution >= 0.6 is 11.8 Å². The molecule has 2 aromatic carbocycles. The summed E-state index contributed by atoms with van der Waals surface area (Å²) >= 11 is 1.65. The monoisotopic (exact) mass is 380 g/mol. The van der Waals surface area contributed by atoms with Gasteiger partial charge in [0.1, 0.15) is 18.1 Å². The van der Waals surface area contributed by atoms with E-state index in [0.717, 1.165) is 27.9 Å². The van der Waals surface area contributed by atoms with Crippen molar-refractivity contribution >= 4 is 17.5 Å². The number of aromatic nitrogens is 3. The molecule has 0 saturated heterocycles. The SMILES string of the molecule is COc1ccc(OCc2nnc3n2N=C(c2ccc(C)cc2)[C@H](C)S3)cc1. The Hall–Kier alpha value is -2.80. The molecular formula is C20H20N4O2S. The number of rotatable bonds is 5. The molecule has 138 valence electrons. The second-order valence-corrected chi connectivity index (χ2v) is 7.59. The molecule has 0 spiro atoms. The van der Waals surface area contributed by atoms with E-state index in [9.17, 15) is 0 Å². The van der Waals surface area contributed by atoms with Gasteiger partial charge in [0.05, 0.1) is 18.1 Å². The highest BCUT2D eigenvalue weighted by molar-refractivity contribution is 8.00. The first kappa shape index (κ1) is 17.6. The third-order valence-electron chi connectivity index (χ3n) is 4.33. The van der Waals surface area contributed by atoms with E-state index < -0.39 is 0 Å². The van der Waals surface area contributed by atoms with Gasteiger partial charge in [0.25, 0.3) is 0 Å². The number of ether oxygens (including phenoxy) is 2. The van der Waals surface area contributed by atoms with Crippen LogP contribution in [0.3, 0.4) is 0 Å². The summed E-state index contributed by atoms with van der Waals surface area (Å²) in [6, 6.07) is 15.9. The van der Waals surface area contributed by atoms with E-state index in [4.69, 9.17) is 14.6 Å². The van der Waals surface area contributed by atoms with Crippen LogP contribution in [0.1, 0.15) is 23.9 Å². The van der Waals surface area contributed by atoms with Gasteiger partial charge in [0.15, 0.2) is 5.82 Å². The summed E-state index contributed by atoms with van der Waals surface area (Å²) in [6.45, 7) is 4.51. The van der Waals surface area contributed by atoms with Crippen LogP contribution in [-0.4, -0.2) is 32.9 Å². The standard InChI is InChI=1S/C20H20N4O2S/c1-13-4-6-15(7-5-13)19-14(2)27-20-22-21-18(24(20)23-19)12-26-17-10-8-16(25-3)9-11-17/h4-11,14H,12H2,1-3H3/t14-/m0/s1. The molecule has 2 heterocycles. The Kier molecular flexibility index (Phi) is 4.85. The number of fused-ring (bicyclic) bond motifs is 1. The highest BCUT2D eigenvalue weighted by Crippen LogP contribution is 2.30. The van der Waals surface area contributed by atoms with Crippen molar-refractivity contribution in [1.82, 2.24) is 14.9 Å². The van der Waals surface area contributed by atoms with Crippen LogP contribution in [0.2, 0.25) is 0 Å². The van der Waals surface area contributed by atoms with E-state index in [-0.39, 0.29) is 5.25 Å². The Balaban J connectivity index is 1.57. The second-order valence-electron chi connectivity index (χ2n) is 6.29. The third kappa shape index (κ3) is 3.68. The van der Waals surface area contributed by atoms with Gasteiger partial charge in [-0.1, -0.05) is 41.6 Å². The summed E-state index contributed by atoms with van der Waals surface area (Å²) in [4.78, 5) is 0. The Morgan fingerprint density at radius 2 is 1.70 bits per heavy atom. The van der Waals surface area contributed by atoms with Gasteiger partial charge in [0.2, 0.25) is 5.16 Å². The first-order valence-corrected chi connectivity index (χ1v) is 9.55. The molecule has 1 aliphatic heterocycles. The minimum atomic E-state index is 0.208. The van der Waals surface area contributed by atoms with Crippen molar-refractivity contribution in [3.05, 3.63) is 65.5 Å². The quantitative estimate of drug-likeness (QED) is 0.671. The second kappa shape index (κ2) is 7.44. The van der Waals surface area contributed by atoms with Gasteiger partial charge in [-0.2, -0.15) is 9.78 Å². The molecule has 0 saturated carbocycles. The average Bonchev–Trinajstić information content (AvgIpc) is 3.08. The van der Waals surface area contributed by atoms with E-state index in [2.05, 4.69) is 48.3 Å². The van der Waals surface area contributed by atoms with Crippen LogP contribution in [0.25, 0.3) is 0 Å². The smallest absolute Gasteiger partial charge is 0.212 e. The topological polar surface area (TPSA) is 61.5 Å². The summed E-state index contributed by atoms with van der Waals surface area (Å²) in [7, 11) is 1.64. The Morgan fingerprint density at radius 1 is 1.00 bits per heavy atom. The molecule has 3 aromatic rings. The van der Waals surface area contributed by atoms with Crippen LogP contribution in [0.4, 0.5) is 0 Å². The number of methoxy groups -OCH3 is 1. The number of hydrogen-bond donors (Lipinski definition) is 0. The maximum atomic E-state index is 5.84. The average molecular weight is 380 g/mol. The number of benzene rings is 2. The Labute approximate surface area is 162 Å². The first-order valence-electron chi connectivity index (χ1n) is 8.68. The molecule has 0 N–H and O–H groups in total. The molecule has 1 atom stereocenters. The highest BCUT2D eigenvalue weighted by atomic mass is 32.2. The molecule has 1 aromatic heterocycles. The lowest BCUT2D eigenvalue weighted by Crippen LogP contribution is -2.22. The minimum Gasteiger partial charge on any atom is -0.497 e. The van der Waals surface area contributed by atoms with Crippen molar-refractivity contribution in [3.8, 4) is 11.5 Å². The van der Waals surface area contributed by atoms with Crippen molar-refractivity contribution in [2.24, 2.45) is 5.10 Å². The van der Waals surface area contributed by atoms with Crippen molar-refractivity contribution < 1.29 is 9.47 Å². The lowest BCUT2D eigenvalue weighted by molar-refractivity contribution is 0.289. The summed E-state index contributed by atoms with van der Waals surface area (Å²) in [5, 5.41) is 14.3. The summed E-state index contributed by atoms with van der Waals surface area (Å²) in [5.74, 6) is 2.21. The van der Waals surface area contributed by atoms with E-state index >= 15 is 0 Å². The molecule has 0 unspecified atom stereocenters. The molecule has 0 amide bonds. The zero-order chi connectivity index (χ0) is 18.8. The maximum Gasteiger partial charge on any atom is 0.212 e. The van der Waals surface area contributed by atoms with Crippen molar-refractivity contribution in [1.29, 1.82) is 0 Å². The summed E-state index contributed by atoms with van der Waals surface area (Å²) in [6.07, 6.45) is 0. The molecule has 7 heteroatoms.